The summed E-state index contributed by atoms with van der Waals surface area (Å²) in [7, 11) is 0. The molecule has 1 fully saturated rings. The molecule has 0 amide bonds. The van der Waals surface area contributed by atoms with E-state index < -0.39 is 34.3 Å². The predicted octanol–water partition coefficient (Wildman–Crippen LogP) is 6.86. The van der Waals surface area contributed by atoms with Gasteiger partial charge in [-0.05, 0) is 85.5 Å². The summed E-state index contributed by atoms with van der Waals surface area (Å²) in [4.78, 5) is 27.2. The van der Waals surface area contributed by atoms with Crippen LogP contribution in [-0.2, 0) is 9.59 Å². The summed E-state index contributed by atoms with van der Waals surface area (Å²) in [5.74, 6) is -2.43. The van der Waals surface area contributed by atoms with Crippen LogP contribution in [0.25, 0.3) is 0 Å². The number of ketones is 2. The van der Waals surface area contributed by atoms with Gasteiger partial charge in [-0.2, -0.15) is 0 Å². The van der Waals surface area contributed by atoms with Crippen molar-refractivity contribution in [1.82, 2.24) is 0 Å². The van der Waals surface area contributed by atoms with Gasteiger partial charge >= 0.3 is 0 Å². The Bertz CT molecular complexity index is 987. The molecule has 0 radical (unpaired) electrons. The zero-order chi connectivity index (χ0) is 26.9. The highest BCUT2D eigenvalue weighted by Gasteiger charge is 2.52. The molecule has 0 bridgehead atoms. The van der Waals surface area contributed by atoms with Crippen molar-refractivity contribution >= 4 is 11.6 Å². The van der Waals surface area contributed by atoms with Crippen molar-refractivity contribution in [3.05, 3.63) is 58.1 Å². The maximum absolute atomic E-state index is 14.0. The highest BCUT2D eigenvalue weighted by molar-refractivity contribution is 6.24. The molecule has 0 spiro atoms. The minimum Gasteiger partial charge on any atom is -0.511 e. The summed E-state index contributed by atoms with van der Waals surface area (Å²) in [6, 6.07) is 0. The monoisotopic (exact) mass is 484 g/mol. The number of Topliss-reactive ketones (excluding diaryl/α,β-unsaturated/α-hetero) is 2. The predicted molar refractivity (Wildman–Crippen MR) is 141 cm³/mol. The lowest BCUT2D eigenvalue weighted by atomic mass is 9.65. The zero-order valence-corrected chi connectivity index (χ0v) is 22.8. The summed E-state index contributed by atoms with van der Waals surface area (Å²) in [5.41, 5.74) is 0.448. The summed E-state index contributed by atoms with van der Waals surface area (Å²) >= 11 is 0. The molecule has 0 aliphatic heterocycles. The second-order valence-electron chi connectivity index (χ2n) is 11.6. The average Bonchev–Trinajstić information content (AvgIpc) is 3.04. The van der Waals surface area contributed by atoms with Crippen molar-refractivity contribution in [3.8, 4) is 0 Å². The molecule has 3 N–H and O–H groups in total. The molecular formula is C30H44O5. The van der Waals surface area contributed by atoms with Crippen molar-refractivity contribution in [2.45, 2.75) is 93.1 Å². The first kappa shape index (κ1) is 28.8. The lowest BCUT2D eigenvalue weighted by Gasteiger charge is -2.38. The Hall–Kier alpha value is -2.40. The zero-order valence-electron chi connectivity index (χ0n) is 22.8. The topological polar surface area (TPSA) is 94.8 Å². The Kier molecular flexibility index (Phi) is 8.81. The molecule has 5 nitrogen and oxygen atoms in total. The molecule has 0 saturated heterocycles. The highest BCUT2D eigenvalue weighted by atomic mass is 16.3. The van der Waals surface area contributed by atoms with Gasteiger partial charge in [0.15, 0.2) is 11.6 Å². The molecule has 0 aromatic heterocycles. The normalized spacial score (nSPS) is 26.3. The van der Waals surface area contributed by atoms with Crippen LogP contribution in [-0.4, -0.2) is 32.5 Å². The van der Waals surface area contributed by atoms with Gasteiger partial charge in [-0.3, -0.25) is 9.59 Å². The number of allylic oxidation sites excluding steroid dienone is 8. The molecule has 1 saturated carbocycles. The molecule has 0 aromatic carbocycles. The van der Waals surface area contributed by atoms with Gasteiger partial charge in [0.2, 0.25) is 0 Å². The van der Waals surface area contributed by atoms with Crippen molar-refractivity contribution in [2.75, 3.05) is 0 Å². The summed E-state index contributed by atoms with van der Waals surface area (Å²) < 4.78 is 0. The van der Waals surface area contributed by atoms with E-state index in [9.17, 15) is 24.9 Å². The van der Waals surface area contributed by atoms with E-state index in [1.807, 2.05) is 46.8 Å². The van der Waals surface area contributed by atoms with Gasteiger partial charge in [-0.25, -0.2) is 0 Å². The molecule has 2 aliphatic rings. The Morgan fingerprint density at radius 2 is 1.60 bits per heavy atom. The van der Waals surface area contributed by atoms with Crippen LogP contribution in [0.4, 0.5) is 0 Å². The minimum atomic E-state index is -1.39. The van der Waals surface area contributed by atoms with Crippen LogP contribution < -0.4 is 0 Å². The number of carbonyl (C=O) groups excluding carboxylic acids is 2. The van der Waals surface area contributed by atoms with Crippen LogP contribution in [0.3, 0.4) is 0 Å². The average molecular weight is 485 g/mol. The molecular weight excluding hydrogens is 440 g/mol. The quantitative estimate of drug-likeness (QED) is 0.245. The molecule has 35 heavy (non-hydrogen) atoms. The van der Waals surface area contributed by atoms with Gasteiger partial charge in [0, 0.05) is 11.5 Å². The fourth-order valence-electron chi connectivity index (χ4n) is 5.38. The van der Waals surface area contributed by atoms with Crippen molar-refractivity contribution < 1.29 is 24.9 Å². The molecule has 5 heteroatoms. The number of rotatable bonds is 9. The number of aliphatic hydroxyl groups is 3. The first-order valence-electron chi connectivity index (χ1n) is 12.7. The molecule has 0 heterocycles. The van der Waals surface area contributed by atoms with Crippen molar-refractivity contribution in [2.24, 2.45) is 23.2 Å². The second-order valence-corrected chi connectivity index (χ2v) is 11.6. The largest absolute Gasteiger partial charge is 0.511 e. The Morgan fingerprint density at radius 1 is 1.09 bits per heavy atom. The van der Waals surface area contributed by atoms with Gasteiger partial charge in [0.25, 0.3) is 0 Å². The van der Waals surface area contributed by atoms with Gasteiger partial charge in [-0.15, -0.1) is 0 Å². The van der Waals surface area contributed by atoms with Crippen LogP contribution >= 0.6 is 0 Å². The van der Waals surface area contributed by atoms with E-state index in [2.05, 4.69) is 6.58 Å². The first-order chi connectivity index (χ1) is 16.1. The SMILES string of the molecule is C=C(C)[C@@H]1CC[C@@](C)(O)[C@H]1CC1=C(O)C(CC=C(C)C)(CC=C(C)C)C(=O)C(C(=O)C(C)C)=C1O. The maximum atomic E-state index is 14.0. The smallest absolute Gasteiger partial charge is 0.184 e. The van der Waals surface area contributed by atoms with Crippen LogP contribution in [0.5, 0.6) is 0 Å². The van der Waals surface area contributed by atoms with Gasteiger partial charge < -0.3 is 15.3 Å². The number of aliphatic hydroxyl groups excluding tert-OH is 2. The number of carbonyl (C=O) groups is 2. The lowest BCUT2D eigenvalue weighted by Crippen LogP contribution is -2.42. The standard InChI is InChI=1S/C30H44O5/c1-17(2)10-14-30(15-11-18(3)4)27(33)22(26(32)24(28(30)34)25(31)20(7)8)16-23-21(19(5)6)12-13-29(23,9)35/h10-11,20-21,23,32-33,35H,5,12-16H2,1-4,6-9H3/t21-,23-,29+/m0/s1. The minimum absolute atomic E-state index is 0.00458. The molecule has 0 aromatic rings. The van der Waals surface area contributed by atoms with E-state index in [-0.39, 0.29) is 48.0 Å². The Morgan fingerprint density at radius 3 is 2.03 bits per heavy atom. The van der Waals surface area contributed by atoms with Crippen LogP contribution in [0, 0.1) is 23.2 Å². The first-order valence-corrected chi connectivity index (χ1v) is 12.7. The van der Waals surface area contributed by atoms with Crippen LogP contribution in [0.2, 0.25) is 0 Å². The van der Waals surface area contributed by atoms with Crippen molar-refractivity contribution in [1.29, 1.82) is 0 Å². The summed E-state index contributed by atoms with van der Waals surface area (Å²) in [6.07, 6.45) is 5.68. The van der Waals surface area contributed by atoms with E-state index in [1.165, 1.54) is 0 Å². The fourth-order valence-corrected chi connectivity index (χ4v) is 5.38. The van der Waals surface area contributed by atoms with E-state index in [0.717, 1.165) is 23.1 Å². The van der Waals surface area contributed by atoms with Gasteiger partial charge in [0.1, 0.15) is 17.1 Å². The van der Waals surface area contributed by atoms with E-state index in [0.29, 0.717) is 6.42 Å². The molecule has 2 rings (SSSR count). The number of hydrogen-bond acceptors (Lipinski definition) is 5. The summed E-state index contributed by atoms with van der Waals surface area (Å²) in [6.45, 7) is 18.9. The fraction of sp³-hybridized carbons (Fsp3) is 0.600. The van der Waals surface area contributed by atoms with E-state index >= 15 is 0 Å². The Balaban J connectivity index is 2.83. The van der Waals surface area contributed by atoms with Crippen LogP contribution in [0.1, 0.15) is 87.5 Å². The van der Waals surface area contributed by atoms with Gasteiger partial charge in [-0.1, -0.05) is 49.3 Å². The third-order valence-electron chi connectivity index (χ3n) is 7.71. The molecule has 2 aliphatic carbocycles. The third kappa shape index (κ3) is 5.72. The lowest BCUT2D eigenvalue weighted by molar-refractivity contribution is -0.129. The van der Waals surface area contributed by atoms with E-state index in [1.54, 1.807) is 20.8 Å². The number of hydrogen-bond donors (Lipinski definition) is 3. The van der Waals surface area contributed by atoms with Gasteiger partial charge in [0.05, 0.1) is 11.0 Å². The second kappa shape index (κ2) is 10.7. The molecule has 3 atom stereocenters. The third-order valence-corrected chi connectivity index (χ3v) is 7.71. The summed E-state index contributed by atoms with van der Waals surface area (Å²) in [5, 5.41) is 34.2. The highest BCUT2D eigenvalue weighted by Crippen LogP contribution is 2.52. The van der Waals surface area contributed by atoms with Crippen molar-refractivity contribution in [3.63, 3.8) is 0 Å². The molecule has 0 unspecified atom stereocenters. The van der Waals surface area contributed by atoms with E-state index in [4.69, 9.17) is 0 Å². The Labute approximate surface area is 211 Å². The van der Waals surface area contributed by atoms with Crippen LogP contribution in [0.15, 0.2) is 58.1 Å². The molecule has 194 valence electrons. The maximum Gasteiger partial charge on any atom is 0.184 e.